The van der Waals surface area contributed by atoms with Gasteiger partial charge in [-0.2, -0.15) is 13.2 Å². The Balaban J connectivity index is 2.24. The van der Waals surface area contributed by atoms with Crippen LogP contribution in [0.3, 0.4) is 0 Å². The van der Waals surface area contributed by atoms with E-state index in [1.807, 2.05) is 13.8 Å². The van der Waals surface area contributed by atoms with Gasteiger partial charge in [-0.1, -0.05) is 11.6 Å². The second-order valence-corrected chi connectivity index (χ2v) is 6.72. The molecule has 2 aromatic rings. The van der Waals surface area contributed by atoms with Crippen LogP contribution in [0.5, 0.6) is 5.75 Å². The molecule has 0 aliphatic rings. The summed E-state index contributed by atoms with van der Waals surface area (Å²) in [5.74, 6) is -0.0262. The fraction of sp³-hybridized carbons (Fsp3) is 0.235. The Morgan fingerprint density at radius 1 is 1.20 bits per heavy atom. The summed E-state index contributed by atoms with van der Waals surface area (Å²) in [5.41, 5.74) is -0.759. The number of hydrogen-bond donors (Lipinski definition) is 1. The smallest absolute Gasteiger partial charge is 0.416 e. The van der Waals surface area contributed by atoms with Crippen LogP contribution in [0, 0.1) is 0 Å². The third kappa shape index (κ3) is 5.12. The summed E-state index contributed by atoms with van der Waals surface area (Å²) >= 11 is 9.18. The molecule has 0 aliphatic heterocycles. The summed E-state index contributed by atoms with van der Waals surface area (Å²) in [5, 5.41) is 2.41. The fourth-order valence-electron chi connectivity index (χ4n) is 1.98. The van der Waals surface area contributed by atoms with Crippen molar-refractivity contribution in [2.75, 3.05) is 5.32 Å². The summed E-state index contributed by atoms with van der Waals surface area (Å²) in [6, 6.07) is 7.38. The molecule has 3 nitrogen and oxygen atoms in total. The Hall–Kier alpha value is -1.73. The van der Waals surface area contributed by atoms with Gasteiger partial charge in [0.2, 0.25) is 0 Å². The van der Waals surface area contributed by atoms with Gasteiger partial charge in [0.15, 0.2) is 0 Å². The first-order chi connectivity index (χ1) is 11.6. The zero-order chi connectivity index (χ0) is 18.8. The van der Waals surface area contributed by atoms with Crippen LogP contribution in [-0.2, 0) is 6.18 Å². The highest BCUT2D eigenvalue weighted by molar-refractivity contribution is 9.10. The van der Waals surface area contributed by atoms with Crippen molar-refractivity contribution in [3.63, 3.8) is 0 Å². The molecule has 0 spiro atoms. The van der Waals surface area contributed by atoms with Crippen LogP contribution in [0.25, 0.3) is 0 Å². The maximum absolute atomic E-state index is 12.8. The van der Waals surface area contributed by atoms with Crippen LogP contribution in [0.1, 0.15) is 29.8 Å². The summed E-state index contributed by atoms with van der Waals surface area (Å²) < 4.78 is 44.5. The van der Waals surface area contributed by atoms with Gasteiger partial charge in [-0.15, -0.1) is 0 Å². The summed E-state index contributed by atoms with van der Waals surface area (Å²) in [7, 11) is 0. The number of alkyl halides is 3. The Labute approximate surface area is 156 Å². The topological polar surface area (TPSA) is 38.3 Å². The van der Waals surface area contributed by atoms with Crippen LogP contribution < -0.4 is 10.1 Å². The molecule has 25 heavy (non-hydrogen) atoms. The van der Waals surface area contributed by atoms with Gasteiger partial charge in [-0.25, -0.2) is 0 Å². The number of nitrogens with one attached hydrogen (secondary N) is 1. The molecule has 0 saturated carbocycles. The van der Waals surface area contributed by atoms with Gasteiger partial charge in [0, 0.05) is 5.56 Å². The molecule has 0 heterocycles. The molecular formula is C17H14BrClF3NO2. The lowest BCUT2D eigenvalue weighted by Crippen LogP contribution is -2.14. The number of carbonyl (C=O) groups is 1. The van der Waals surface area contributed by atoms with E-state index in [4.69, 9.17) is 16.3 Å². The van der Waals surface area contributed by atoms with E-state index in [0.717, 1.165) is 18.2 Å². The van der Waals surface area contributed by atoms with Crippen LogP contribution in [0.15, 0.2) is 40.9 Å². The Morgan fingerprint density at radius 3 is 2.44 bits per heavy atom. The molecule has 1 amide bonds. The highest BCUT2D eigenvalue weighted by Gasteiger charge is 2.31. The van der Waals surface area contributed by atoms with Crippen LogP contribution >= 0.6 is 27.5 Å². The zero-order valence-electron chi connectivity index (χ0n) is 13.2. The monoisotopic (exact) mass is 435 g/mol. The third-order valence-electron chi connectivity index (χ3n) is 3.10. The first-order valence-electron chi connectivity index (χ1n) is 7.22. The quantitative estimate of drug-likeness (QED) is 0.623. The molecule has 8 heteroatoms. The molecule has 0 fully saturated rings. The number of amides is 1. The molecular weight excluding hydrogens is 423 g/mol. The first kappa shape index (κ1) is 19.6. The Kier molecular flexibility index (Phi) is 6.00. The number of benzene rings is 2. The zero-order valence-corrected chi connectivity index (χ0v) is 15.6. The number of rotatable bonds is 4. The van der Waals surface area contributed by atoms with E-state index in [1.165, 1.54) is 12.1 Å². The Morgan fingerprint density at radius 2 is 1.88 bits per heavy atom. The summed E-state index contributed by atoms with van der Waals surface area (Å²) in [4.78, 5) is 12.3. The van der Waals surface area contributed by atoms with Gasteiger partial charge < -0.3 is 10.1 Å². The number of halogens is 5. The lowest BCUT2D eigenvalue weighted by atomic mass is 10.1. The van der Waals surface area contributed by atoms with E-state index >= 15 is 0 Å². The number of hydrogen-bond acceptors (Lipinski definition) is 2. The molecule has 2 aromatic carbocycles. The van der Waals surface area contributed by atoms with Crippen molar-refractivity contribution in [1.29, 1.82) is 0 Å². The normalized spacial score (nSPS) is 11.5. The highest BCUT2D eigenvalue weighted by Crippen LogP contribution is 2.34. The number of carbonyl (C=O) groups excluding carboxylic acids is 1. The molecule has 0 bridgehead atoms. The Bertz CT molecular complexity index is 794. The SMILES string of the molecule is CC(C)Oc1ccc(C(=O)Nc2cc(C(F)(F)F)ccc2Cl)cc1Br. The standard InChI is InChI=1S/C17H14BrClF3NO2/c1-9(2)25-15-6-3-10(7-12(15)18)16(24)23-14-8-11(17(20,21)22)4-5-13(14)19/h3-9H,1-2H3,(H,23,24). The van der Waals surface area contributed by atoms with Crippen molar-refractivity contribution in [3.05, 3.63) is 57.0 Å². The maximum atomic E-state index is 12.8. The molecule has 0 aromatic heterocycles. The summed E-state index contributed by atoms with van der Waals surface area (Å²) in [6.07, 6.45) is -4.57. The largest absolute Gasteiger partial charge is 0.490 e. The van der Waals surface area contributed by atoms with Gasteiger partial charge in [0.1, 0.15) is 5.75 Å². The van der Waals surface area contributed by atoms with Gasteiger partial charge in [-0.05, 0) is 66.2 Å². The number of anilines is 1. The van der Waals surface area contributed by atoms with E-state index in [1.54, 1.807) is 6.07 Å². The lowest BCUT2D eigenvalue weighted by Gasteiger charge is -2.14. The highest BCUT2D eigenvalue weighted by atomic mass is 79.9. The molecule has 2 rings (SSSR count). The van der Waals surface area contributed by atoms with Gasteiger partial charge >= 0.3 is 6.18 Å². The minimum absolute atomic E-state index is 0.0141. The summed E-state index contributed by atoms with van der Waals surface area (Å²) in [6.45, 7) is 3.73. The molecule has 0 unspecified atom stereocenters. The van der Waals surface area contributed by atoms with E-state index in [-0.39, 0.29) is 22.4 Å². The van der Waals surface area contributed by atoms with Crippen molar-refractivity contribution in [2.24, 2.45) is 0 Å². The number of ether oxygens (including phenoxy) is 1. The average molecular weight is 437 g/mol. The second-order valence-electron chi connectivity index (χ2n) is 5.46. The molecule has 0 radical (unpaired) electrons. The van der Waals surface area contributed by atoms with E-state index in [0.29, 0.717) is 10.2 Å². The van der Waals surface area contributed by atoms with Crippen LogP contribution in [-0.4, -0.2) is 12.0 Å². The molecule has 1 N–H and O–H groups in total. The molecule has 0 saturated heterocycles. The van der Waals surface area contributed by atoms with Gasteiger partial charge in [0.25, 0.3) is 5.91 Å². The van der Waals surface area contributed by atoms with Crippen LogP contribution in [0.4, 0.5) is 18.9 Å². The average Bonchev–Trinajstić information content (AvgIpc) is 2.49. The van der Waals surface area contributed by atoms with Gasteiger partial charge in [0.05, 0.1) is 26.9 Å². The van der Waals surface area contributed by atoms with Gasteiger partial charge in [-0.3, -0.25) is 4.79 Å². The minimum Gasteiger partial charge on any atom is -0.490 e. The predicted molar refractivity (Wildman–Crippen MR) is 94.3 cm³/mol. The first-order valence-corrected chi connectivity index (χ1v) is 8.39. The molecule has 134 valence electrons. The van der Waals surface area contributed by atoms with Crippen molar-refractivity contribution >= 4 is 39.1 Å². The second kappa shape index (κ2) is 7.66. The lowest BCUT2D eigenvalue weighted by molar-refractivity contribution is -0.137. The van der Waals surface area contributed by atoms with E-state index < -0.39 is 17.6 Å². The molecule has 0 aliphatic carbocycles. The van der Waals surface area contributed by atoms with Crippen molar-refractivity contribution < 1.29 is 22.7 Å². The van der Waals surface area contributed by atoms with E-state index in [9.17, 15) is 18.0 Å². The van der Waals surface area contributed by atoms with Crippen LogP contribution in [0.2, 0.25) is 5.02 Å². The van der Waals surface area contributed by atoms with E-state index in [2.05, 4.69) is 21.2 Å². The third-order valence-corrected chi connectivity index (χ3v) is 4.05. The van der Waals surface area contributed by atoms with Crippen molar-refractivity contribution in [3.8, 4) is 5.75 Å². The minimum atomic E-state index is -4.52. The van der Waals surface area contributed by atoms with Crippen molar-refractivity contribution in [1.82, 2.24) is 0 Å². The molecule has 0 atom stereocenters. The fourth-order valence-corrected chi connectivity index (χ4v) is 2.62. The van der Waals surface area contributed by atoms with Crippen molar-refractivity contribution in [2.45, 2.75) is 26.1 Å². The maximum Gasteiger partial charge on any atom is 0.416 e. The predicted octanol–water partition coefficient (Wildman–Crippen LogP) is 6.16.